The van der Waals surface area contributed by atoms with Crippen LogP contribution in [0.15, 0.2) is 16.9 Å². The van der Waals surface area contributed by atoms with Crippen molar-refractivity contribution in [1.29, 1.82) is 5.26 Å². The summed E-state index contributed by atoms with van der Waals surface area (Å²) in [7, 11) is 0. The van der Waals surface area contributed by atoms with Crippen molar-refractivity contribution in [3.05, 3.63) is 33.7 Å². The lowest BCUT2D eigenvalue weighted by Gasteiger charge is -2.26. The topological polar surface area (TPSA) is 72.1 Å². The van der Waals surface area contributed by atoms with E-state index in [9.17, 15) is 9.59 Å². The Morgan fingerprint density at radius 2 is 1.91 bits per heavy atom. The highest BCUT2D eigenvalue weighted by Gasteiger charge is 2.26. The normalized spacial score (nSPS) is 16.8. The van der Waals surface area contributed by atoms with Crippen molar-refractivity contribution in [1.82, 2.24) is 4.57 Å². The Morgan fingerprint density at radius 3 is 2.48 bits per heavy atom. The maximum atomic E-state index is 12.5. The van der Waals surface area contributed by atoms with Crippen LogP contribution in [0.1, 0.15) is 76.1 Å². The summed E-state index contributed by atoms with van der Waals surface area (Å²) >= 11 is 0. The molecule has 0 radical (unpaired) electrons. The maximum Gasteiger partial charge on any atom is 0.329 e. The fraction of sp³-hybridized carbons (Fsp3) is 0.611. The minimum atomic E-state index is -0.727. The minimum Gasteiger partial charge on any atom is -0.461 e. The summed E-state index contributed by atoms with van der Waals surface area (Å²) < 4.78 is 7.00. The zero-order valence-electron chi connectivity index (χ0n) is 14.0. The molecule has 1 aromatic rings. The summed E-state index contributed by atoms with van der Waals surface area (Å²) in [4.78, 5) is 25.0. The van der Waals surface area contributed by atoms with E-state index in [0.717, 1.165) is 31.4 Å². The number of rotatable bonds is 4. The summed E-state index contributed by atoms with van der Waals surface area (Å²) in [6.45, 7) is 5.58. The van der Waals surface area contributed by atoms with Crippen LogP contribution in [0.3, 0.4) is 0 Å². The number of hydrogen-bond acceptors (Lipinski definition) is 4. The monoisotopic (exact) mass is 316 g/mol. The zero-order valence-corrected chi connectivity index (χ0v) is 14.0. The van der Waals surface area contributed by atoms with Gasteiger partial charge in [-0.05, 0) is 50.7 Å². The van der Waals surface area contributed by atoms with Crippen LogP contribution in [-0.2, 0) is 9.53 Å². The van der Waals surface area contributed by atoms with E-state index in [-0.39, 0.29) is 17.6 Å². The summed E-state index contributed by atoms with van der Waals surface area (Å²) in [5.41, 5.74) is 0.362. The first-order chi connectivity index (χ1) is 11.0. The van der Waals surface area contributed by atoms with Crippen molar-refractivity contribution >= 4 is 5.97 Å². The lowest BCUT2D eigenvalue weighted by atomic mass is 9.98. The first kappa shape index (κ1) is 17.3. The van der Waals surface area contributed by atoms with Gasteiger partial charge < -0.3 is 4.74 Å². The van der Waals surface area contributed by atoms with Crippen LogP contribution in [0.5, 0.6) is 0 Å². The van der Waals surface area contributed by atoms with E-state index in [1.165, 1.54) is 17.1 Å². The Bertz CT molecular complexity index is 664. The average molecular weight is 316 g/mol. The van der Waals surface area contributed by atoms with Crippen LogP contribution < -0.4 is 5.56 Å². The average Bonchev–Trinajstić information content (AvgIpc) is 2.54. The number of ether oxygens (including phenoxy) is 1. The highest BCUT2D eigenvalue weighted by atomic mass is 16.5. The van der Waals surface area contributed by atoms with E-state index in [2.05, 4.69) is 0 Å². The van der Waals surface area contributed by atoms with Gasteiger partial charge in [-0.25, -0.2) is 4.79 Å². The Hall–Kier alpha value is -2.09. The van der Waals surface area contributed by atoms with Crippen LogP contribution in [0.2, 0.25) is 0 Å². The van der Waals surface area contributed by atoms with Crippen LogP contribution >= 0.6 is 0 Å². The van der Waals surface area contributed by atoms with Crippen molar-refractivity contribution in [3.63, 3.8) is 0 Å². The molecule has 0 N–H and O–H groups in total. The number of aromatic nitrogens is 1. The van der Waals surface area contributed by atoms with Crippen molar-refractivity contribution in [3.8, 4) is 6.07 Å². The van der Waals surface area contributed by atoms with Gasteiger partial charge in [0.15, 0.2) is 0 Å². The number of nitrogens with zero attached hydrogens (tertiary/aromatic N) is 2. The lowest BCUT2D eigenvalue weighted by Crippen LogP contribution is -2.35. The number of esters is 1. The molecular formula is C18H24N2O3. The Morgan fingerprint density at radius 1 is 1.26 bits per heavy atom. The first-order valence-electron chi connectivity index (χ1n) is 8.31. The minimum absolute atomic E-state index is 0.0453. The van der Waals surface area contributed by atoms with Gasteiger partial charge in [0.25, 0.3) is 5.56 Å². The van der Waals surface area contributed by atoms with E-state index in [4.69, 9.17) is 10.00 Å². The predicted molar refractivity (Wildman–Crippen MR) is 87.2 cm³/mol. The van der Waals surface area contributed by atoms with Crippen LogP contribution in [0.4, 0.5) is 0 Å². The fourth-order valence-corrected chi connectivity index (χ4v) is 3.07. The highest BCUT2D eigenvalue weighted by molar-refractivity contribution is 5.74. The van der Waals surface area contributed by atoms with Crippen LogP contribution in [0, 0.1) is 11.3 Å². The molecule has 124 valence electrons. The van der Waals surface area contributed by atoms with Gasteiger partial charge in [0, 0.05) is 5.69 Å². The SMILES string of the molecule is CC(C)c1ccc(C#N)c(=O)n1C(C)C(=O)OC1CCCCC1. The van der Waals surface area contributed by atoms with Gasteiger partial charge in [-0.15, -0.1) is 0 Å². The second kappa shape index (κ2) is 7.45. The standard InChI is InChI=1S/C18H24N2O3/c1-12(2)16-10-9-14(11-19)17(21)20(16)13(3)18(22)23-15-7-5-4-6-8-15/h9-10,12-13,15H,4-8H2,1-3H3. The molecule has 1 saturated carbocycles. The van der Waals surface area contributed by atoms with E-state index in [1.54, 1.807) is 13.0 Å². The van der Waals surface area contributed by atoms with Gasteiger partial charge in [-0.3, -0.25) is 9.36 Å². The molecule has 0 spiro atoms. The summed E-state index contributed by atoms with van der Waals surface area (Å²) in [6, 6.07) is 4.43. The Labute approximate surface area is 136 Å². The quantitative estimate of drug-likeness (QED) is 0.799. The van der Waals surface area contributed by atoms with E-state index < -0.39 is 17.6 Å². The molecule has 0 bridgehead atoms. The molecule has 5 heteroatoms. The van der Waals surface area contributed by atoms with Gasteiger partial charge >= 0.3 is 5.97 Å². The molecule has 2 rings (SSSR count). The molecule has 0 aromatic carbocycles. The highest BCUT2D eigenvalue weighted by Crippen LogP contribution is 2.23. The number of pyridine rings is 1. The van der Waals surface area contributed by atoms with E-state index in [1.807, 2.05) is 19.9 Å². The molecule has 1 heterocycles. The van der Waals surface area contributed by atoms with Gasteiger partial charge in [-0.1, -0.05) is 20.3 Å². The largest absolute Gasteiger partial charge is 0.461 e. The molecule has 1 aliphatic carbocycles. The van der Waals surface area contributed by atoms with Crippen molar-refractivity contribution in [2.24, 2.45) is 0 Å². The molecule has 23 heavy (non-hydrogen) atoms. The second-order valence-corrected chi connectivity index (χ2v) is 6.49. The molecule has 0 amide bonds. The van der Waals surface area contributed by atoms with Gasteiger partial charge in [0.2, 0.25) is 0 Å². The summed E-state index contributed by atoms with van der Waals surface area (Å²) in [5.74, 6) is -0.323. The van der Waals surface area contributed by atoms with Crippen LogP contribution in [0.25, 0.3) is 0 Å². The molecular weight excluding hydrogens is 292 g/mol. The molecule has 0 saturated heterocycles. The molecule has 1 atom stereocenters. The third-order valence-electron chi connectivity index (χ3n) is 4.42. The van der Waals surface area contributed by atoms with Gasteiger partial charge in [-0.2, -0.15) is 5.26 Å². The smallest absolute Gasteiger partial charge is 0.329 e. The summed E-state index contributed by atoms with van der Waals surface area (Å²) in [5, 5.41) is 9.07. The molecule has 1 aliphatic rings. The molecule has 0 aliphatic heterocycles. The predicted octanol–water partition coefficient (Wildman–Crippen LogP) is 3.28. The molecule has 1 unspecified atom stereocenters. The number of carbonyl (C=O) groups excluding carboxylic acids is 1. The van der Waals surface area contributed by atoms with Crippen molar-refractivity contribution in [2.75, 3.05) is 0 Å². The third kappa shape index (κ3) is 3.82. The maximum absolute atomic E-state index is 12.5. The fourth-order valence-electron chi connectivity index (χ4n) is 3.07. The van der Waals surface area contributed by atoms with Gasteiger partial charge in [0.1, 0.15) is 23.8 Å². The molecule has 5 nitrogen and oxygen atoms in total. The Balaban J connectivity index is 2.30. The van der Waals surface area contributed by atoms with Gasteiger partial charge in [0.05, 0.1) is 0 Å². The zero-order chi connectivity index (χ0) is 17.0. The first-order valence-corrected chi connectivity index (χ1v) is 8.31. The number of hydrogen-bond donors (Lipinski definition) is 0. The van der Waals surface area contributed by atoms with Crippen molar-refractivity contribution in [2.45, 2.75) is 70.9 Å². The Kier molecular flexibility index (Phi) is 5.59. The van der Waals surface area contributed by atoms with E-state index >= 15 is 0 Å². The van der Waals surface area contributed by atoms with Crippen LogP contribution in [-0.4, -0.2) is 16.6 Å². The third-order valence-corrected chi connectivity index (χ3v) is 4.42. The second-order valence-electron chi connectivity index (χ2n) is 6.49. The lowest BCUT2D eigenvalue weighted by molar-refractivity contribution is -0.154. The summed E-state index contributed by atoms with van der Waals surface area (Å²) in [6.07, 6.45) is 5.08. The number of nitriles is 1. The van der Waals surface area contributed by atoms with Crippen molar-refractivity contribution < 1.29 is 9.53 Å². The molecule has 1 fully saturated rings. The molecule has 1 aromatic heterocycles. The number of carbonyl (C=O) groups is 1. The van der Waals surface area contributed by atoms with E-state index in [0.29, 0.717) is 0 Å².